The average Bonchev–Trinajstić information content (AvgIpc) is 2.52. The van der Waals surface area contributed by atoms with Crippen LogP contribution < -0.4 is 0 Å². The van der Waals surface area contributed by atoms with E-state index in [2.05, 4.69) is 15.9 Å². The molecule has 1 heterocycles. The van der Waals surface area contributed by atoms with E-state index in [0.29, 0.717) is 11.1 Å². The quantitative estimate of drug-likeness (QED) is 0.786. The van der Waals surface area contributed by atoms with E-state index in [1.54, 1.807) is 18.2 Å². The molecule has 0 radical (unpaired) electrons. The standard InChI is InChI=1S/C12H11BrF2O2/c1-12(14,15)5-4-10-8-3-2-7(13)6-9(8)11(16)17-10/h2-3,6,10H,4-5H2,1H3. The van der Waals surface area contributed by atoms with Gasteiger partial charge in [-0.15, -0.1) is 0 Å². The second-order valence-electron chi connectivity index (χ2n) is 4.23. The van der Waals surface area contributed by atoms with Crippen LogP contribution in [0.15, 0.2) is 22.7 Å². The lowest BCUT2D eigenvalue weighted by molar-refractivity contribution is -0.00831. The molecular formula is C12H11BrF2O2. The summed E-state index contributed by atoms with van der Waals surface area (Å²) in [6.07, 6.45) is -0.693. The number of benzene rings is 1. The number of rotatable bonds is 3. The number of halogens is 3. The topological polar surface area (TPSA) is 26.3 Å². The molecule has 1 aromatic carbocycles. The van der Waals surface area contributed by atoms with Crippen molar-refractivity contribution in [3.05, 3.63) is 33.8 Å². The van der Waals surface area contributed by atoms with Crippen LogP contribution in [0, 0.1) is 0 Å². The summed E-state index contributed by atoms with van der Waals surface area (Å²) in [5.74, 6) is -3.17. The Hall–Kier alpha value is -0.970. The highest BCUT2D eigenvalue weighted by molar-refractivity contribution is 9.10. The summed E-state index contributed by atoms with van der Waals surface area (Å²) in [7, 11) is 0. The molecule has 5 heteroatoms. The molecule has 0 aromatic heterocycles. The molecule has 0 saturated heterocycles. The zero-order chi connectivity index (χ0) is 12.6. The number of alkyl halides is 2. The zero-order valence-electron chi connectivity index (χ0n) is 9.17. The van der Waals surface area contributed by atoms with Crippen molar-refractivity contribution in [2.24, 2.45) is 0 Å². The van der Waals surface area contributed by atoms with Gasteiger partial charge >= 0.3 is 5.97 Å². The normalized spacial score (nSPS) is 19.1. The molecule has 1 aliphatic rings. The Labute approximate surface area is 106 Å². The van der Waals surface area contributed by atoms with Gasteiger partial charge in [0.05, 0.1) is 5.56 Å². The van der Waals surface area contributed by atoms with Crippen LogP contribution in [0.5, 0.6) is 0 Å². The minimum absolute atomic E-state index is 0.143. The first-order valence-electron chi connectivity index (χ1n) is 5.25. The van der Waals surface area contributed by atoms with Gasteiger partial charge in [0.25, 0.3) is 0 Å². The smallest absolute Gasteiger partial charge is 0.339 e. The second kappa shape index (κ2) is 4.37. The fraction of sp³-hybridized carbons (Fsp3) is 0.417. The molecule has 0 spiro atoms. The SMILES string of the molecule is CC(F)(F)CCC1OC(=O)c2cc(Br)ccc21. The van der Waals surface area contributed by atoms with Crippen molar-refractivity contribution in [1.82, 2.24) is 0 Å². The predicted molar refractivity (Wildman–Crippen MR) is 62.2 cm³/mol. The lowest BCUT2D eigenvalue weighted by atomic mass is 10.0. The molecule has 1 aromatic rings. The summed E-state index contributed by atoms with van der Waals surface area (Å²) >= 11 is 3.26. The first kappa shape index (κ1) is 12.5. The molecular weight excluding hydrogens is 294 g/mol. The summed E-state index contributed by atoms with van der Waals surface area (Å²) in [4.78, 5) is 11.5. The van der Waals surface area contributed by atoms with Crippen molar-refractivity contribution in [2.75, 3.05) is 0 Å². The van der Waals surface area contributed by atoms with Gasteiger partial charge < -0.3 is 4.74 Å². The number of fused-ring (bicyclic) bond motifs is 1. The second-order valence-corrected chi connectivity index (χ2v) is 5.15. The number of carbonyl (C=O) groups excluding carboxylic acids is 1. The Kier molecular flexibility index (Phi) is 3.21. The van der Waals surface area contributed by atoms with E-state index < -0.39 is 18.0 Å². The molecule has 0 saturated carbocycles. The first-order valence-corrected chi connectivity index (χ1v) is 6.04. The molecule has 2 rings (SSSR count). The average molecular weight is 305 g/mol. The van der Waals surface area contributed by atoms with E-state index in [0.717, 1.165) is 11.4 Å². The summed E-state index contributed by atoms with van der Waals surface area (Å²) in [5, 5.41) is 0. The van der Waals surface area contributed by atoms with Crippen molar-refractivity contribution in [2.45, 2.75) is 31.8 Å². The van der Waals surface area contributed by atoms with Crippen molar-refractivity contribution >= 4 is 21.9 Å². The largest absolute Gasteiger partial charge is 0.454 e. The van der Waals surface area contributed by atoms with E-state index >= 15 is 0 Å². The Morgan fingerprint density at radius 1 is 1.47 bits per heavy atom. The van der Waals surface area contributed by atoms with Gasteiger partial charge in [-0.2, -0.15) is 0 Å². The summed E-state index contributed by atoms with van der Waals surface area (Å²) in [5.41, 5.74) is 1.16. The van der Waals surface area contributed by atoms with Crippen molar-refractivity contribution in [3.63, 3.8) is 0 Å². The number of hydrogen-bond acceptors (Lipinski definition) is 2. The molecule has 0 fully saturated rings. The van der Waals surface area contributed by atoms with Crippen LogP contribution in [-0.4, -0.2) is 11.9 Å². The maximum Gasteiger partial charge on any atom is 0.339 e. The molecule has 17 heavy (non-hydrogen) atoms. The molecule has 92 valence electrons. The minimum atomic E-state index is -2.73. The predicted octanol–water partition coefficient (Wildman–Crippen LogP) is 4.10. The van der Waals surface area contributed by atoms with Crippen molar-refractivity contribution in [3.8, 4) is 0 Å². The number of hydrogen-bond donors (Lipinski definition) is 0. The van der Waals surface area contributed by atoms with Crippen LogP contribution in [0.25, 0.3) is 0 Å². The molecule has 1 atom stereocenters. The molecule has 0 aliphatic carbocycles. The maximum absolute atomic E-state index is 12.8. The number of cyclic esters (lactones) is 1. The molecule has 0 N–H and O–H groups in total. The highest BCUT2D eigenvalue weighted by Crippen LogP contribution is 2.37. The van der Waals surface area contributed by atoms with Gasteiger partial charge in [0.2, 0.25) is 5.92 Å². The van der Waals surface area contributed by atoms with E-state index in [-0.39, 0.29) is 12.8 Å². The third kappa shape index (κ3) is 2.83. The third-order valence-electron chi connectivity index (χ3n) is 2.68. The number of esters is 1. The fourth-order valence-electron chi connectivity index (χ4n) is 1.84. The Bertz CT molecular complexity index is 454. The van der Waals surface area contributed by atoms with Gasteiger partial charge in [0, 0.05) is 16.5 Å². The molecule has 1 unspecified atom stereocenters. The molecule has 1 aliphatic heterocycles. The minimum Gasteiger partial charge on any atom is -0.454 e. The van der Waals surface area contributed by atoms with Gasteiger partial charge in [-0.3, -0.25) is 0 Å². The summed E-state index contributed by atoms with van der Waals surface area (Å²) in [6.45, 7) is 0.867. The van der Waals surface area contributed by atoms with Crippen LogP contribution in [-0.2, 0) is 4.74 Å². The molecule has 0 bridgehead atoms. The number of carbonyl (C=O) groups is 1. The molecule has 0 amide bonds. The first-order chi connectivity index (χ1) is 7.87. The Morgan fingerprint density at radius 3 is 2.82 bits per heavy atom. The Morgan fingerprint density at radius 2 is 2.18 bits per heavy atom. The molecule has 2 nitrogen and oxygen atoms in total. The van der Waals surface area contributed by atoms with Gasteiger partial charge in [-0.1, -0.05) is 22.0 Å². The van der Waals surface area contributed by atoms with Gasteiger partial charge in [-0.25, -0.2) is 13.6 Å². The van der Waals surface area contributed by atoms with E-state index in [1.807, 2.05) is 0 Å². The van der Waals surface area contributed by atoms with E-state index in [9.17, 15) is 13.6 Å². The van der Waals surface area contributed by atoms with E-state index in [1.165, 1.54) is 0 Å². The third-order valence-corrected chi connectivity index (χ3v) is 3.17. The van der Waals surface area contributed by atoms with Gasteiger partial charge in [-0.05, 0) is 25.5 Å². The zero-order valence-corrected chi connectivity index (χ0v) is 10.8. The highest BCUT2D eigenvalue weighted by atomic mass is 79.9. The lowest BCUT2D eigenvalue weighted by Crippen LogP contribution is -2.11. The van der Waals surface area contributed by atoms with Crippen molar-refractivity contribution < 1.29 is 18.3 Å². The monoisotopic (exact) mass is 304 g/mol. The van der Waals surface area contributed by atoms with Gasteiger partial charge in [0.1, 0.15) is 6.10 Å². The maximum atomic E-state index is 12.8. The van der Waals surface area contributed by atoms with Gasteiger partial charge in [0.15, 0.2) is 0 Å². The number of ether oxygens (including phenoxy) is 1. The summed E-state index contributed by atoms with van der Waals surface area (Å²) < 4.78 is 31.4. The van der Waals surface area contributed by atoms with Crippen LogP contribution in [0.3, 0.4) is 0 Å². The highest BCUT2D eigenvalue weighted by Gasteiger charge is 2.33. The lowest BCUT2D eigenvalue weighted by Gasteiger charge is -2.14. The van der Waals surface area contributed by atoms with Crippen LogP contribution >= 0.6 is 15.9 Å². The van der Waals surface area contributed by atoms with Crippen LogP contribution in [0.1, 0.15) is 41.8 Å². The van der Waals surface area contributed by atoms with Crippen molar-refractivity contribution in [1.29, 1.82) is 0 Å². The Balaban J connectivity index is 2.17. The van der Waals surface area contributed by atoms with Crippen LogP contribution in [0.2, 0.25) is 0 Å². The fourth-order valence-corrected chi connectivity index (χ4v) is 2.20. The van der Waals surface area contributed by atoms with E-state index in [4.69, 9.17) is 4.74 Å². The summed E-state index contributed by atoms with van der Waals surface area (Å²) in [6, 6.07) is 5.17. The van der Waals surface area contributed by atoms with Crippen LogP contribution in [0.4, 0.5) is 8.78 Å².